The van der Waals surface area contributed by atoms with Gasteiger partial charge in [-0.15, -0.1) is 10.2 Å². The van der Waals surface area contributed by atoms with Gasteiger partial charge in [0.05, 0.1) is 12.8 Å². The second kappa shape index (κ2) is 9.13. The van der Waals surface area contributed by atoms with Crippen molar-refractivity contribution in [3.8, 4) is 5.75 Å². The highest BCUT2D eigenvalue weighted by Gasteiger charge is 2.17. The van der Waals surface area contributed by atoms with Gasteiger partial charge in [-0.2, -0.15) is 5.10 Å². The van der Waals surface area contributed by atoms with Crippen LogP contribution in [0.2, 0.25) is 0 Å². The van der Waals surface area contributed by atoms with Crippen molar-refractivity contribution in [1.82, 2.24) is 20.2 Å². The van der Waals surface area contributed by atoms with E-state index in [2.05, 4.69) is 20.7 Å². The van der Waals surface area contributed by atoms with Gasteiger partial charge in [-0.05, 0) is 60.7 Å². The van der Waals surface area contributed by atoms with Crippen LogP contribution in [0.25, 0.3) is 0 Å². The van der Waals surface area contributed by atoms with Gasteiger partial charge < -0.3 is 9.30 Å². The molecule has 7 nitrogen and oxygen atoms in total. The van der Waals surface area contributed by atoms with Crippen LogP contribution in [-0.2, 0) is 19.2 Å². The number of ether oxygens (including phenoxy) is 1. The molecule has 1 N–H and O–H groups in total. The fourth-order valence-electron chi connectivity index (χ4n) is 3.37. The number of hydrazone groups is 1. The first-order valence-corrected chi connectivity index (χ1v) is 10.7. The lowest BCUT2D eigenvalue weighted by atomic mass is 9.90. The highest BCUT2D eigenvalue weighted by Crippen LogP contribution is 2.26. The zero-order valence-electron chi connectivity index (χ0n) is 17.0. The normalized spacial score (nSPS) is 14.4. The minimum atomic E-state index is -0.212. The van der Waals surface area contributed by atoms with Crippen molar-refractivity contribution >= 4 is 23.4 Å². The molecular formula is C22H23N5O2S. The Labute approximate surface area is 179 Å². The smallest absolute Gasteiger partial charge is 0.271 e. The second-order valence-corrected chi connectivity index (χ2v) is 8.03. The van der Waals surface area contributed by atoms with E-state index in [4.69, 9.17) is 4.74 Å². The molecule has 154 valence electrons. The zero-order chi connectivity index (χ0) is 20.9. The SMILES string of the molecule is COc1ccc2c(c1)CCC/C2=N/NC(=O)c1ccc(CSc2nncn2C)cc1. The Balaban J connectivity index is 1.39. The zero-order valence-corrected chi connectivity index (χ0v) is 17.8. The second-order valence-electron chi connectivity index (χ2n) is 7.09. The first-order valence-electron chi connectivity index (χ1n) is 9.74. The Morgan fingerprint density at radius 3 is 2.80 bits per heavy atom. The molecule has 1 aromatic heterocycles. The van der Waals surface area contributed by atoms with Crippen LogP contribution < -0.4 is 10.2 Å². The number of hydrogen-bond acceptors (Lipinski definition) is 6. The van der Waals surface area contributed by atoms with Gasteiger partial charge in [-0.3, -0.25) is 4.79 Å². The van der Waals surface area contributed by atoms with E-state index in [1.54, 1.807) is 25.2 Å². The molecule has 0 radical (unpaired) electrons. The van der Waals surface area contributed by atoms with Crippen LogP contribution in [0.1, 0.15) is 39.9 Å². The number of nitrogens with one attached hydrogen (secondary N) is 1. The van der Waals surface area contributed by atoms with Crippen LogP contribution in [-0.4, -0.2) is 33.5 Å². The summed E-state index contributed by atoms with van der Waals surface area (Å²) in [6.07, 6.45) is 4.52. The van der Waals surface area contributed by atoms with Crippen LogP contribution in [0, 0.1) is 0 Å². The molecule has 1 amide bonds. The molecule has 2 aromatic carbocycles. The van der Waals surface area contributed by atoms with Gasteiger partial charge in [0.1, 0.15) is 12.1 Å². The largest absolute Gasteiger partial charge is 0.497 e. The molecule has 3 aromatic rings. The summed E-state index contributed by atoms with van der Waals surface area (Å²) < 4.78 is 7.19. The summed E-state index contributed by atoms with van der Waals surface area (Å²) in [6, 6.07) is 13.5. The van der Waals surface area contributed by atoms with E-state index in [1.165, 1.54) is 5.56 Å². The van der Waals surface area contributed by atoms with Crippen LogP contribution >= 0.6 is 11.8 Å². The lowest BCUT2D eigenvalue weighted by molar-refractivity contribution is 0.0954. The van der Waals surface area contributed by atoms with Crippen molar-refractivity contribution in [2.75, 3.05) is 7.11 Å². The highest BCUT2D eigenvalue weighted by molar-refractivity contribution is 7.98. The molecule has 1 aliphatic rings. The number of aromatic nitrogens is 3. The molecule has 0 spiro atoms. The van der Waals surface area contributed by atoms with E-state index in [0.29, 0.717) is 5.56 Å². The van der Waals surface area contributed by atoms with Gasteiger partial charge in [0.15, 0.2) is 5.16 Å². The van der Waals surface area contributed by atoms with E-state index < -0.39 is 0 Å². The summed E-state index contributed by atoms with van der Waals surface area (Å²) in [6.45, 7) is 0. The first-order chi connectivity index (χ1) is 14.6. The minimum Gasteiger partial charge on any atom is -0.497 e. The summed E-state index contributed by atoms with van der Waals surface area (Å²) >= 11 is 1.60. The summed E-state index contributed by atoms with van der Waals surface area (Å²) in [7, 11) is 3.58. The quantitative estimate of drug-likeness (QED) is 0.486. The number of amides is 1. The number of rotatable bonds is 6. The Kier molecular flexibility index (Phi) is 6.13. The lowest BCUT2D eigenvalue weighted by Gasteiger charge is -2.18. The minimum absolute atomic E-state index is 0.212. The number of aryl methyl sites for hydroxylation is 2. The molecule has 1 aliphatic carbocycles. The Hall–Kier alpha value is -3.13. The summed E-state index contributed by atoms with van der Waals surface area (Å²) in [5, 5.41) is 13.2. The topological polar surface area (TPSA) is 81.4 Å². The van der Waals surface area contributed by atoms with E-state index in [-0.39, 0.29) is 5.91 Å². The predicted octanol–water partition coefficient (Wildman–Crippen LogP) is 3.59. The van der Waals surface area contributed by atoms with Gasteiger partial charge in [-0.1, -0.05) is 23.9 Å². The number of hydrogen-bond donors (Lipinski definition) is 1. The van der Waals surface area contributed by atoms with Gasteiger partial charge >= 0.3 is 0 Å². The van der Waals surface area contributed by atoms with Gasteiger partial charge in [0.2, 0.25) is 0 Å². The molecule has 30 heavy (non-hydrogen) atoms. The summed E-state index contributed by atoms with van der Waals surface area (Å²) in [4.78, 5) is 12.5. The van der Waals surface area contributed by atoms with Crippen molar-refractivity contribution in [2.24, 2.45) is 12.1 Å². The standard InChI is InChI=1S/C22H23N5O2S/c1-27-14-23-26-22(27)30-13-15-6-8-16(9-7-15)21(28)25-24-20-5-3-4-17-12-18(29-2)10-11-19(17)20/h6-12,14H,3-5,13H2,1-2H3,(H,25,28)/b24-20-. The van der Waals surface area contributed by atoms with Crippen LogP contribution in [0.4, 0.5) is 0 Å². The maximum Gasteiger partial charge on any atom is 0.271 e. The van der Waals surface area contributed by atoms with Crippen molar-refractivity contribution in [2.45, 2.75) is 30.2 Å². The third kappa shape index (κ3) is 4.54. The third-order valence-corrected chi connectivity index (χ3v) is 6.13. The Bertz CT molecular complexity index is 1080. The first kappa shape index (κ1) is 20.2. The predicted molar refractivity (Wildman–Crippen MR) is 117 cm³/mol. The molecule has 0 saturated heterocycles. The molecule has 0 atom stereocenters. The Morgan fingerprint density at radius 1 is 1.23 bits per heavy atom. The van der Waals surface area contributed by atoms with Gasteiger partial charge in [-0.25, -0.2) is 5.43 Å². The molecule has 1 heterocycles. The molecule has 8 heteroatoms. The number of thioether (sulfide) groups is 1. The number of nitrogens with zero attached hydrogens (tertiary/aromatic N) is 4. The number of methoxy groups -OCH3 is 1. The van der Waals surface area contributed by atoms with Crippen molar-refractivity contribution in [1.29, 1.82) is 0 Å². The number of fused-ring (bicyclic) bond motifs is 1. The third-order valence-electron chi connectivity index (χ3n) is 5.03. The lowest BCUT2D eigenvalue weighted by Crippen LogP contribution is -2.22. The molecular weight excluding hydrogens is 398 g/mol. The summed E-state index contributed by atoms with van der Waals surface area (Å²) in [5.74, 6) is 1.39. The molecule has 0 fully saturated rings. The fraction of sp³-hybridized carbons (Fsp3) is 0.273. The van der Waals surface area contributed by atoms with Gasteiger partial charge in [0, 0.05) is 23.9 Å². The fourth-order valence-corrected chi connectivity index (χ4v) is 4.21. The molecule has 0 bridgehead atoms. The molecule has 4 rings (SSSR count). The summed E-state index contributed by atoms with van der Waals surface area (Å²) in [5.41, 5.74) is 7.60. The van der Waals surface area contributed by atoms with Crippen molar-refractivity contribution < 1.29 is 9.53 Å². The number of carbonyl (C=O) groups is 1. The van der Waals surface area contributed by atoms with E-state index >= 15 is 0 Å². The van der Waals surface area contributed by atoms with Crippen LogP contribution in [0.5, 0.6) is 5.75 Å². The maximum absolute atomic E-state index is 12.5. The average Bonchev–Trinajstić information content (AvgIpc) is 3.20. The molecule has 0 unspecified atom stereocenters. The number of benzene rings is 2. The molecule has 0 aliphatic heterocycles. The highest BCUT2D eigenvalue weighted by atomic mass is 32.2. The maximum atomic E-state index is 12.5. The van der Waals surface area contributed by atoms with E-state index in [1.807, 2.05) is 54.1 Å². The molecule has 0 saturated carbocycles. The van der Waals surface area contributed by atoms with E-state index in [0.717, 1.165) is 52.8 Å². The van der Waals surface area contributed by atoms with Gasteiger partial charge in [0.25, 0.3) is 5.91 Å². The number of carbonyl (C=O) groups excluding carboxylic acids is 1. The van der Waals surface area contributed by atoms with E-state index in [9.17, 15) is 4.79 Å². The van der Waals surface area contributed by atoms with Crippen LogP contribution in [0.3, 0.4) is 0 Å². The van der Waals surface area contributed by atoms with Crippen LogP contribution in [0.15, 0.2) is 59.0 Å². The van der Waals surface area contributed by atoms with Crippen molar-refractivity contribution in [3.63, 3.8) is 0 Å². The monoisotopic (exact) mass is 421 g/mol. The average molecular weight is 422 g/mol. The Morgan fingerprint density at radius 2 is 2.07 bits per heavy atom. The van der Waals surface area contributed by atoms with Crippen molar-refractivity contribution in [3.05, 3.63) is 71.0 Å².